The third kappa shape index (κ3) is 4.83. The number of nitro groups is 1. The summed E-state index contributed by atoms with van der Waals surface area (Å²) in [6, 6.07) is 12.4. The highest BCUT2D eigenvalue weighted by Gasteiger charge is 2.21. The number of carbonyl (C=O) groups excluding carboxylic acids is 1. The number of anilines is 1. The first-order valence-corrected chi connectivity index (χ1v) is 10.7. The molecule has 0 atom stereocenters. The SMILES string of the molecule is NCCc1c[nH]c2ccc(OCCC(=O)N3CCN(c4ccc([N+](=O)[O-])cc4)CC3)cc12. The Labute approximate surface area is 185 Å². The molecule has 1 aromatic heterocycles. The van der Waals surface area contributed by atoms with E-state index in [2.05, 4.69) is 9.88 Å². The van der Waals surface area contributed by atoms with Crippen LogP contribution in [0.1, 0.15) is 12.0 Å². The van der Waals surface area contributed by atoms with Crippen LogP contribution in [0, 0.1) is 10.1 Å². The molecule has 2 aromatic carbocycles. The van der Waals surface area contributed by atoms with Gasteiger partial charge in [0.2, 0.25) is 5.91 Å². The number of aromatic nitrogens is 1. The summed E-state index contributed by atoms with van der Waals surface area (Å²) >= 11 is 0. The Morgan fingerprint density at radius 3 is 2.56 bits per heavy atom. The first kappa shape index (κ1) is 21.6. The van der Waals surface area contributed by atoms with Crippen molar-refractivity contribution in [3.63, 3.8) is 0 Å². The Kier molecular flexibility index (Phi) is 6.55. The van der Waals surface area contributed by atoms with Gasteiger partial charge in [0.25, 0.3) is 5.69 Å². The number of aromatic amines is 1. The summed E-state index contributed by atoms with van der Waals surface area (Å²) in [6.07, 6.45) is 3.09. The van der Waals surface area contributed by atoms with Gasteiger partial charge in [-0.15, -0.1) is 0 Å². The van der Waals surface area contributed by atoms with E-state index in [0.29, 0.717) is 45.8 Å². The molecule has 3 N–H and O–H groups in total. The van der Waals surface area contributed by atoms with Crippen molar-refractivity contribution in [1.29, 1.82) is 0 Å². The highest BCUT2D eigenvalue weighted by molar-refractivity contribution is 5.84. The summed E-state index contributed by atoms with van der Waals surface area (Å²) in [5, 5.41) is 11.9. The average molecular weight is 438 g/mol. The minimum atomic E-state index is -0.405. The highest BCUT2D eigenvalue weighted by atomic mass is 16.6. The maximum absolute atomic E-state index is 12.6. The van der Waals surface area contributed by atoms with Crippen molar-refractivity contribution in [1.82, 2.24) is 9.88 Å². The number of carbonyl (C=O) groups is 1. The second-order valence-electron chi connectivity index (χ2n) is 7.80. The zero-order valence-corrected chi connectivity index (χ0v) is 17.8. The predicted molar refractivity (Wildman–Crippen MR) is 123 cm³/mol. The number of piperazine rings is 1. The minimum Gasteiger partial charge on any atom is -0.493 e. The van der Waals surface area contributed by atoms with Gasteiger partial charge >= 0.3 is 0 Å². The van der Waals surface area contributed by atoms with Crippen LogP contribution in [0.5, 0.6) is 5.75 Å². The van der Waals surface area contributed by atoms with E-state index in [1.54, 1.807) is 12.1 Å². The lowest BCUT2D eigenvalue weighted by molar-refractivity contribution is -0.384. The van der Waals surface area contributed by atoms with Crippen LogP contribution < -0.4 is 15.4 Å². The molecule has 3 aromatic rings. The van der Waals surface area contributed by atoms with Gasteiger partial charge in [0.05, 0.1) is 18.0 Å². The first-order valence-electron chi connectivity index (χ1n) is 10.7. The predicted octanol–water partition coefficient (Wildman–Crippen LogP) is 2.70. The maximum Gasteiger partial charge on any atom is 0.269 e. The molecule has 0 spiro atoms. The monoisotopic (exact) mass is 437 g/mol. The molecule has 0 aliphatic carbocycles. The summed E-state index contributed by atoms with van der Waals surface area (Å²) in [6.45, 7) is 3.53. The number of hydrogen-bond donors (Lipinski definition) is 2. The van der Waals surface area contributed by atoms with Crippen LogP contribution in [0.2, 0.25) is 0 Å². The Morgan fingerprint density at radius 2 is 1.88 bits per heavy atom. The number of hydrogen-bond acceptors (Lipinski definition) is 6. The normalized spacial score (nSPS) is 14.0. The largest absolute Gasteiger partial charge is 0.493 e. The van der Waals surface area contributed by atoms with E-state index in [1.165, 1.54) is 12.1 Å². The van der Waals surface area contributed by atoms with Gasteiger partial charge in [-0.2, -0.15) is 0 Å². The molecule has 1 saturated heterocycles. The van der Waals surface area contributed by atoms with Gasteiger partial charge in [-0.05, 0) is 48.9 Å². The fraction of sp³-hybridized carbons (Fsp3) is 0.348. The molecule has 0 radical (unpaired) electrons. The molecule has 0 saturated carbocycles. The molecule has 1 aliphatic rings. The first-order chi connectivity index (χ1) is 15.5. The van der Waals surface area contributed by atoms with Crippen molar-refractivity contribution in [2.45, 2.75) is 12.8 Å². The number of benzene rings is 2. The lowest BCUT2D eigenvalue weighted by atomic mass is 10.1. The molecule has 4 rings (SSSR count). The average Bonchev–Trinajstić information content (AvgIpc) is 3.21. The Balaban J connectivity index is 1.25. The van der Waals surface area contributed by atoms with Crippen molar-refractivity contribution in [2.24, 2.45) is 5.73 Å². The van der Waals surface area contributed by atoms with Crippen LogP contribution in [-0.2, 0) is 11.2 Å². The summed E-state index contributed by atoms with van der Waals surface area (Å²) in [5.41, 5.74) is 8.89. The second kappa shape index (κ2) is 9.69. The van der Waals surface area contributed by atoms with Gasteiger partial charge in [-0.25, -0.2) is 0 Å². The number of ether oxygens (including phenoxy) is 1. The van der Waals surface area contributed by atoms with Crippen molar-refractivity contribution in [2.75, 3.05) is 44.2 Å². The molecule has 0 bridgehead atoms. The lowest BCUT2D eigenvalue weighted by Gasteiger charge is -2.36. The quantitative estimate of drug-likeness (QED) is 0.413. The fourth-order valence-corrected chi connectivity index (χ4v) is 4.02. The molecule has 1 aliphatic heterocycles. The smallest absolute Gasteiger partial charge is 0.269 e. The van der Waals surface area contributed by atoms with Crippen LogP contribution >= 0.6 is 0 Å². The number of nitro benzene ring substituents is 1. The van der Waals surface area contributed by atoms with Crippen LogP contribution in [-0.4, -0.2) is 60.0 Å². The van der Waals surface area contributed by atoms with Gasteiger partial charge in [0, 0.05) is 61.1 Å². The summed E-state index contributed by atoms with van der Waals surface area (Å²) in [5.74, 6) is 0.811. The topological polar surface area (TPSA) is 118 Å². The Hall–Kier alpha value is -3.59. The van der Waals surface area contributed by atoms with E-state index in [-0.39, 0.29) is 11.6 Å². The number of rotatable bonds is 8. The number of H-pyrrole nitrogens is 1. The lowest BCUT2D eigenvalue weighted by Crippen LogP contribution is -2.49. The Bertz CT molecular complexity index is 1090. The zero-order valence-electron chi connectivity index (χ0n) is 17.8. The zero-order chi connectivity index (χ0) is 22.5. The number of non-ortho nitro benzene ring substituents is 1. The number of nitrogens with zero attached hydrogens (tertiary/aromatic N) is 3. The van der Waals surface area contributed by atoms with Crippen molar-refractivity contribution < 1.29 is 14.5 Å². The number of fused-ring (bicyclic) bond motifs is 1. The minimum absolute atomic E-state index is 0.0693. The summed E-state index contributed by atoms with van der Waals surface area (Å²) in [4.78, 5) is 30.2. The van der Waals surface area contributed by atoms with Crippen molar-refractivity contribution in [3.05, 3.63) is 64.3 Å². The standard InChI is InChI=1S/C23H27N5O4/c24-9-7-17-16-25-22-6-5-20(15-21(17)22)32-14-8-23(29)27-12-10-26(11-13-27)18-1-3-19(4-2-18)28(30)31/h1-6,15-16,25H,7-14,24H2. The molecule has 2 heterocycles. The van der Waals surface area contributed by atoms with E-state index < -0.39 is 4.92 Å². The summed E-state index contributed by atoms with van der Waals surface area (Å²) < 4.78 is 5.84. The van der Waals surface area contributed by atoms with Crippen LogP contribution in [0.15, 0.2) is 48.7 Å². The van der Waals surface area contributed by atoms with E-state index in [1.807, 2.05) is 29.3 Å². The van der Waals surface area contributed by atoms with Crippen LogP contribution in [0.25, 0.3) is 10.9 Å². The molecule has 168 valence electrons. The summed E-state index contributed by atoms with van der Waals surface area (Å²) in [7, 11) is 0. The number of amides is 1. The third-order valence-corrected chi connectivity index (χ3v) is 5.80. The fourth-order valence-electron chi connectivity index (χ4n) is 4.02. The second-order valence-corrected chi connectivity index (χ2v) is 7.80. The van der Waals surface area contributed by atoms with Crippen molar-refractivity contribution >= 4 is 28.2 Å². The highest BCUT2D eigenvalue weighted by Crippen LogP contribution is 2.24. The molecular weight excluding hydrogens is 410 g/mol. The third-order valence-electron chi connectivity index (χ3n) is 5.80. The van der Waals surface area contributed by atoms with E-state index in [4.69, 9.17) is 10.5 Å². The van der Waals surface area contributed by atoms with E-state index in [0.717, 1.165) is 34.3 Å². The molecule has 0 unspecified atom stereocenters. The van der Waals surface area contributed by atoms with E-state index >= 15 is 0 Å². The molecule has 1 fully saturated rings. The Morgan fingerprint density at radius 1 is 1.12 bits per heavy atom. The van der Waals surface area contributed by atoms with Crippen molar-refractivity contribution in [3.8, 4) is 5.75 Å². The number of nitrogens with two attached hydrogens (primary N) is 1. The van der Waals surface area contributed by atoms with Crippen LogP contribution in [0.3, 0.4) is 0 Å². The molecule has 1 amide bonds. The van der Waals surface area contributed by atoms with Gasteiger partial charge in [0.15, 0.2) is 0 Å². The van der Waals surface area contributed by atoms with Gasteiger partial charge in [0.1, 0.15) is 5.75 Å². The molecule has 9 heteroatoms. The number of nitrogens with one attached hydrogen (secondary N) is 1. The molecule has 32 heavy (non-hydrogen) atoms. The van der Waals surface area contributed by atoms with E-state index in [9.17, 15) is 14.9 Å². The van der Waals surface area contributed by atoms with Crippen LogP contribution in [0.4, 0.5) is 11.4 Å². The van der Waals surface area contributed by atoms with Gasteiger partial charge in [-0.3, -0.25) is 14.9 Å². The van der Waals surface area contributed by atoms with Gasteiger partial charge < -0.3 is 25.3 Å². The molecular formula is C23H27N5O4. The van der Waals surface area contributed by atoms with Gasteiger partial charge in [-0.1, -0.05) is 0 Å². The maximum atomic E-state index is 12.6. The molecule has 9 nitrogen and oxygen atoms in total.